The minimum absolute atomic E-state index is 0.0739. The van der Waals surface area contributed by atoms with Crippen molar-refractivity contribution in [3.05, 3.63) is 54.2 Å². The highest BCUT2D eigenvalue weighted by atomic mass is 33.1. The van der Waals surface area contributed by atoms with Gasteiger partial charge in [-0.1, -0.05) is 61.4 Å². The average Bonchev–Trinajstić information content (AvgIpc) is 1.67. The Bertz CT molecular complexity index is 4270. The first-order valence-corrected chi connectivity index (χ1v) is 43.6. The molecule has 2 aromatic heterocycles. The SMILES string of the molecule is C[C@H](N)C(=O)N[C@H]1CSSC[C@@H]2NC(=O)[C@H](CCCNC(=N)N)NC(=O)[C@H](CO)NC(=O)[C@H](Cc3cnc[nH]3)NC(=O)[C@H](CC(=O)O)NC(=O)[C@H](CCCNC(=N)N)NC(=O)[C@H](C)NC(=O)[C@H](Cc3c[nH]c4ccccc34)NC(=O)[C@H](CCCCN)NC(=O)[C@H](CO)NC(=O)[C@H](CO)NC(=O)[C@H](CSSC[C@@H](C(N)=O)NC2=O)NC(=O)[C@H](CC(N)=O)NC1=O. The van der Waals surface area contributed by atoms with Crippen LogP contribution < -0.4 is 125 Å². The van der Waals surface area contributed by atoms with Crippen molar-refractivity contribution in [2.24, 2.45) is 34.4 Å². The molecule has 684 valence electrons. The molecule has 124 heavy (non-hydrogen) atoms. The number of primary amides is 2. The third kappa shape index (κ3) is 34.8. The van der Waals surface area contributed by atoms with Crippen LogP contribution in [0.2, 0.25) is 0 Å². The van der Waals surface area contributed by atoms with Crippen molar-refractivity contribution >= 4 is 172 Å². The molecule has 37 N–H and O–H groups in total. The highest BCUT2D eigenvalue weighted by Gasteiger charge is 2.40. The van der Waals surface area contributed by atoms with Crippen LogP contribution in [0.5, 0.6) is 0 Å². The maximum Gasteiger partial charge on any atom is 0.305 e. The topological polar surface area (TPSA) is 841 Å². The Morgan fingerprint density at radius 2 is 0.911 bits per heavy atom. The third-order valence-electron chi connectivity index (χ3n) is 18.5. The molecular weight excluding hydrogens is 1710 g/mol. The molecule has 16 atom stereocenters. The third-order valence-corrected chi connectivity index (χ3v) is 23.3. The molecule has 4 heterocycles. The van der Waals surface area contributed by atoms with Crippen molar-refractivity contribution in [2.75, 3.05) is 62.5 Å². The Morgan fingerprint density at radius 1 is 0.492 bits per heavy atom. The van der Waals surface area contributed by atoms with E-state index in [1.807, 2.05) is 0 Å². The number of imidazole rings is 1. The number of guanidine groups is 2. The Morgan fingerprint density at radius 3 is 1.41 bits per heavy atom. The number of amides is 17. The monoisotopic (exact) mass is 1820 g/mol. The molecule has 2 aliphatic heterocycles. The lowest BCUT2D eigenvalue weighted by Crippen LogP contribution is -2.62. The summed E-state index contributed by atoms with van der Waals surface area (Å²) in [7, 11) is 2.91. The van der Waals surface area contributed by atoms with Gasteiger partial charge in [-0.15, -0.1) is 0 Å². The maximum atomic E-state index is 14.8. The van der Waals surface area contributed by atoms with Crippen molar-refractivity contribution in [1.82, 2.24) is 105 Å². The zero-order valence-corrected chi connectivity index (χ0v) is 70.6. The number of aliphatic carboxylic acids is 1. The van der Waals surface area contributed by atoms with Gasteiger partial charge in [0.1, 0.15) is 90.6 Å². The molecule has 50 nitrogen and oxygen atoms in total. The van der Waals surface area contributed by atoms with Gasteiger partial charge in [-0.3, -0.25) is 97.1 Å². The number of aliphatic hydroxyl groups is 3. The number of H-pyrrole nitrogens is 2. The second-order valence-electron chi connectivity index (χ2n) is 28.3. The molecule has 0 unspecified atom stereocenters. The van der Waals surface area contributed by atoms with Gasteiger partial charge in [0, 0.05) is 77.9 Å². The first-order chi connectivity index (χ1) is 58.9. The summed E-state index contributed by atoms with van der Waals surface area (Å²) in [6, 6.07) is -22.2. The molecule has 0 saturated carbocycles. The molecule has 3 aromatic rings. The number of nitrogens with two attached hydrogens (primary N) is 6. The number of carboxylic acids is 1. The van der Waals surface area contributed by atoms with Crippen LogP contribution in [0, 0.1) is 10.8 Å². The Labute approximate surface area is 723 Å². The van der Waals surface area contributed by atoms with E-state index in [-0.39, 0.29) is 70.3 Å². The van der Waals surface area contributed by atoms with Crippen LogP contribution in [-0.2, 0) is 99.1 Å². The fourth-order valence-electron chi connectivity index (χ4n) is 11.7. The number of aromatic amines is 2. The van der Waals surface area contributed by atoms with Crippen molar-refractivity contribution in [3.8, 4) is 0 Å². The first kappa shape index (κ1) is 103. The number of aromatic nitrogens is 3. The van der Waals surface area contributed by atoms with E-state index in [0.717, 1.165) is 32.4 Å². The second kappa shape index (κ2) is 52.6. The summed E-state index contributed by atoms with van der Waals surface area (Å²) in [5.74, 6) is -25.4. The first-order valence-electron chi connectivity index (χ1n) is 38.7. The summed E-state index contributed by atoms with van der Waals surface area (Å²) in [6.45, 7) is -1.53. The molecule has 54 heteroatoms. The number of nitrogens with zero attached hydrogens (tertiary/aromatic N) is 1. The molecule has 2 aliphatic rings. The molecule has 2 fully saturated rings. The largest absolute Gasteiger partial charge is 0.481 e. The van der Waals surface area contributed by atoms with E-state index in [9.17, 15) is 107 Å². The van der Waals surface area contributed by atoms with Gasteiger partial charge in [0.05, 0.1) is 45.0 Å². The van der Waals surface area contributed by atoms with Gasteiger partial charge in [-0.25, -0.2) is 4.98 Å². The molecule has 17 amide bonds. The number of carbonyl (C=O) groups excluding carboxylic acids is 17. The predicted molar refractivity (Wildman–Crippen MR) is 450 cm³/mol. The summed E-state index contributed by atoms with van der Waals surface area (Å²) in [4.78, 5) is 265. The van der Waals surface area contributed by atoms with Gasteiger partial charge in [0.25, 0.3) is 0 Å². The zero-order valence-electron chi connectivity index (χ0n) is 67.3. The molecule has 1 aromatic carbocycles. The zero-order chi connectivity index (χ0) is 91.9. The number of carboxylic acid groups (broad SMARTS) is 1. The van der Waals surface area contributed by atoms with Gasteiger partial charge >= 0.3 is 5.97 Å². The molecule has 2 saturated heterocycles. The van der Waals surface area contributed by atoms with E-state index in [4.69, 9.17) is 45.2 Å². The Balaban J connectivity index is 1.69. The van der Waals surface area contributed by atoms with Gasteiger partial charge in [0.15, 0.2) is 11.9 Å². The second-order valence-corrected chi connectivity index (χ2v) is 33.4. The normalized spacial score (nSPS) is 25.4. The van der Waals surface area contributed by atoms with Crippen molar-refractivity contribution in [2.45, 2.75) is 181 Å². The quantitative estimate of drug-likeness (QED) is 0.0154. The minimum atomic E-state index is -2.12. The van der Waals surface area contributed by atoms with Gasteiger partial charge in [0.2, 0.25) is 100 Å². The van der Waals surface area contributed by atoms with Crippen LogP contribution >= 0.6 is 43.2 Å². The molecule has 5 rings (SSSR count). The summed E-state index contributed by atoms with van der Waals surface area (Å²) in [5, 5.41) is 98.9. The van der Waals surface area contributed by atoms with Crippen LogP contribution in [0.3, 0.4) is 0 Å². The number of carbonyl (C=O) groups is 18. The number of aliphatic hydroxyl groups excluding tert-OH is 3. The van der Waals surface area contributed by atoms with E-state index in [0.29, 0.717) is 27.3 Å². The number of benzene rings is 1. The van der Waals surface area contributed by atoms with Gasteiger partial charge in [-0.2, -0.15) is 0 Å². The number of rotatable bonds is 26. The molecule has 0 spiro atoms. The van der Waals surface area contributed by atoms with Crippen LogP contribution in [-0.4, -0.2) is 313 Å². The van der Waals surface area contributed by atoms with Crippen LogP contribution in [0.1, 0.15) is 82.9 Å². The fourth-order valence-corrected chi connectivity index (χ4v) is 16.4. The number of hydrogen-bond donors (Lipinski definition) is 31. The lowest BCUT2D eigenvalue weighted by Gasteiger charge is -2.28. The summed E-state index contributed by atoms with van der Waals surface area (Å²) in [5.41, 5.74) is 35.2. The highest BCUT2D eigenvalue weighted by molar-refractivity contribution is 8.77. The Kier molecular flexibility index (Phi) is 43.6. The van der Waals surface area contributed by atoms with Crippen molar-refractivity contribution in [1.29, 1.82) is 10.8 Å². The lowest BCUT2D eigenvalue weighted by atomic mass is 10.0. The highest BCUT2D eigenvalue weighted by Crippen LogP contribution is 2.26. The van der Waals surface area contributed by atoms with Crippen LogP contribution in [0.4, 0.5) is 0 Å². The number of hydrogen-bond acceptors (Lipinski definition) is 30. The average molecular weight is 1820 g/mol. The number of nitrogens with one attached hydrogen (secondary N) is 21. The van der Waals surface area contributed by atoms with Gasteiger partial charge in [-0.05, 0) is 77.0 Å². The fraction of sp³-hybridized carbons (Fsp3) is 0.557. The van der Waals surface area contributed by atoms with Gasteiger partial charge < -0.3 is 155 Å². The summed E-state index contributed by atoms with van der Waals surface area (Å²) in [6.07, 6.45) is 0.0116. The van der Waals surface area contributed by atoms with E-state index in [1.54, 1.807) is 24.3 Å². The predicted octanol–water partition coefficient (Wildman–Crippen LogP) is -12.4. The lowest BCUT2D eigenvalue weighted by molar-refractivity contribution is -0.141. The summed E-state index contributed by atoms with van der Waals surface area (Å²) >= 11 is 0. The molecule has 0 radical (unpaired) electrons. The summed E-state index contributed by atoms with van der Waals surface area (Å²) < 4.78 is 0. The number of unbranched alkanes of at least 4 members (excludes halogenated alkanes) is 1. The number of para-hydroxylation sites is 1. The standard InChI is InChI=1S/C70H108N28O22S4/c1-31(72)54(106)96-48-27-123-124-29-50-68(120)95-47(53(74)105)26-121-122-28-49(98-61(113)42(19-51(73)102)90-66(48)118)67(119)94-46(25-101)65(117)93-45(24-100)64(116)86-37(11-5-6-14-71)56(108)88-40(17-33-21-82-36-10-4-3-9-35(33)36)59(111)84-32(2)55(107)85-38(12-7-15-80-69(75)76)57(109)91-43(20-52(103)104)62(114)89-41(18-34-22-79-30-83-34)60(112)92-44(23-99)63(115)87-39(58(110)97-50)13-8-16-81-70(77)78/h3-4,9-10,21-22,30-32,37-50,82,99-101H,5-8,11-20,23-29,71-72H2,1-2H3,(H2,73,102)(H2,74,105)(H,79,83)(H,84,111)(H,85,107)(H,86,116)(H,87,115)(H,88,108)(H,89,114)(H,90,118)(H,91,109)(H,92,112)(H,93,117)(H,94,119)(H,95,120)(H,96,106)(H,97,110)(H,98,113)(H,103,104)(H4,75,76,80)(H4,77,78,81)/t31-,32-,37-,38-,39-,40-,41-,42-,43-,44-,45-,46-,47-,48-,49-,50-/m0/s1. The van der Waals surface area contributed by atoms with E-state index >= 15 is 0 Å². The number of fused-ring (bicyclic) bond motifs is 9. The van der Waals surface area contributed by atoms with Crippen molar-refractivity contribution in [3.63, 3.8) is 0 Å². The Hall–Kier alpha value is -11.8. The van der Waals surface area contributed by atoms with Crippen LogP contribution in [0.15, 0.2) is 43.0 Å². The maximum absolute atomic E-state index is 14.8. The molecule has 2 bridgehead atoms. The van der Waals surface area contributed by atoms with E-state index in [2.05, 4.69) is 105 Å². The van der Waals surface area contributed by atoms with Crippen LogP contribution in [0.25, 0.3) is 10.9 Å². The minimum Gasteiger partial charge on any atom is -0.481 e. The van der Waals surface area contributed by atoms with E-state index in [1.165, 1.54) is 32.6 Å². The van der Waals surface area contributed by atoms with Crippen molar-refractivity contribution < 1.29 is 107 Å². The molecule has 0 aliphatic carbocycles. The van der Waals surface area contributed by atoms with E-state index < -0.39 is 283 Å². The smallest absolute Gasteiger partial charge is 0.305 e. The molecular formula is C70H108N28O22S4.